The van der Waals surface area contributed by atoms with Crippen LogP contribution in [0.3, 0.4) is 0 Å². The SMILES string of the molecule is O=C(/C=C/c1cccnc1)NCc1ccccc1. The number of carbonyl (C=O) groups excluding carboxylic acids is 1. The summed E-state index contributed by atoms with van der Waals surface area (Å²) in [7, 11) is 0. The monoisotopic (exact) mass is 238 g/mol. The van der Waals surface area contributed by atoms with Crippen molar-refractivity contribution in [2.75, 3.05) is 0 Å². The molecule has 1 aromatic carbocycles. The fraction of sp³-hybridized carbons (Fsp3) is 0.0667. The van der Waals surface area contributed by atoms with E-state index < -0.39 is 0 Å². The third-order valence-corrected chi connectivity index (χ3v) is 2.42. The molecule has 3 heteroatoms. The van der Waals surface area contributed by atoms with Crippen molar-refractivity contribution in [2.24, 2.45) is 0 Å². The summed E-state index contributed by atoms with van der Waals surface area (Å²) in [6.07, 6.45) is 6.67. The minimum atomic E-state index is -0.109. The molecule has 18 heavy (non-hydrogen) atoms. The van der Waals surface area contributed by atoms with Crippen molar-refractivity contribution in [3.05, 3.63) is 72.1 Å². The Labute approximate surface area is 106 Å². The molecule has 1 N–H and O–H groups in total. The minimum Gasteiger partial charge on any atom is -0.348 e. The second-order valence-corrected chi connectivity index (χ2v) is 3.82. The molecule has 0 atom stereocenters. The van der Waals surface area contributed by atoms with Crippen LogP contribution in [0.4, 0.5) is 0 Å². The molecule has 0 bridgehead atoms. The van der Waals surface area contributed by atoms with Gasteiger partial charge in [0, 0.05) is 25.0 Å². The number of benzene rings is 1. The molecule has 0 unspecified atom stereocenters. The standard InChI is InChI=1S/C15H14N2O/c18-15(9-8-14-7-4-10-16-11-14)17-12-13-5-2-1-3-6-13/h1-11H,12H2,(H,17,18)/b9-8+. The van der Waals surface area contributed by atoms with Crippen molar-refractivity contribution in [1.82, 2.24) is 10.3 Å². The molecule has 90 valence electrons. The molecule has 1 heterocycles. The van der Waals surface area contributed by atoms with Crippen LogP contribution in [0.25, 0.3) is 6.08 Å². The van der Waals surface area contributed by atoms with E-state index in [1.165, 1.54) is 6.08 Å². The lowest BCUT2D eigenvalue weighted by molar-refractivity contribution is -0.116. The molecule has 0 fully saturated rings. The van der Waals surface area contributed by atoms with Gasteiger partial charge in [-0.2, -0.15) is 0 Å². The van der Waals surface area contributed by atoms with Crippen molar-refractivity contribution in [1.29, 1.82) is 0 Å². The fourth-order valence-electron chi connectivity index (χ4n) is 1.49. The van der Waals surface area contributed by atoms with Crippen LogP contribution in [0.15, 0.2) is 60.9 Å². The number of nitrogens with zero attached hydrogens (tertiary/aromatic N) is 1. The number of amides is 1. The van der Waals surface area contributed by atoms with Gasteiger partial charge in [-0.05, 0) is 23.3 Å². The van der Waals surface area contributed by atoms with E-state index in [0.29, 0.717) is 6.54 Å². The van der Waals surface area contributed by atoms with E-state index in [1.807, 2.05) is 42.5 Å². The van der Waals surface area contributed by atoms with Gasteiger partial charge in [-0.1, -0.05) is 36.4 Å². The topological polar surface area (TPSA) is 42.0 Å². The largest absolute Gasteiger partial charge is 0.348 e. The van der Waals surface area contributed by atoms with Gasteiger partial charge in [-0.3, -0.25) is 9.78 Å². The molecule has 3 nitrogen and oxygen atoms in total. The Morgan fingerprint density at radius 3 is 2.72 bits per heavy atom. The van der Waals surface area contributed by atoms with Gasteiger partial charge in [0.05, 0.1) is 0 Å². The summed E-state index contributed by atoms with van der Waals surface area (Å²) < 4.78 is 0. The Balaban J connectivity index is 1.84. The fourth-order valence-corrected chi connectivity index (χ4v) is 1.49. The molecule has 2 aromatic rings. The lowest BCUT2D eigenvalue weighted by Gasteiger charge is -2.01. The van der Waals surface area contributed by atoms with Crippen molar-refractivity contribution in [3.8, 4) is 0 Å². The number of hydrogen-bond acceptors (Lipinski definition) is 2. The van der Waals surface area contributed by atoms with E-state index in [2.05, 4.69) is 10.3 Å². The highest BCUT2D eigenvalue weighted by Crippen LogP contribution is 1.99. The Bertz CT molecular complexity index is 521. The van der Waals surface area contributed by atoms with Gasteiger partial charge in [-0.15, -0.1) is 0 Å². The van der Waals surface area contributed by atoms with Gasteiger partial charge in [0.15, 0.2) is 0 Å². The summed E-state index contributed by atoms with van der Waals surface area (Å²) in [6, 6.07) is 13.5. The molecule has 0 spiro atoms. The van der Waals surface area contributed by atoms with E-state index in [4.69, 9.17) is 0 Å². The van der Waals surface area contributed by atoms with Crippen molar-refractivity contribution >= 4 is 12.0 Å². The Morgan fingerprint density at radius 2 is 2.00 bits per heavy atom. The summed E-state index contributed by atoms with van der Waals surface area (Å²) in [6.45, 7) is 0.539. The highest BCUT2D eigenvalue weighted by molar-refractivity contribution is 5.91. The lowest BCUT2D eigenvalue weighted by atomic mass is 10.2. The first-order chi connectivity index (χ1) is 8.84. The Morgan fingerprint density at radius 1 is 1.17 bits per heavy atom. The predicted molar refractivity (Wildman–Crippen MR) is 71.6 cm³/mol. The third-order valence-electron chi connectivity index (χ3n) is 2.42. The van der Waals surface area contributed by atoms with Gasteiger partial charge in [0.25, 0.3) is 0 Å². The van der Waals surface area contributed by atoms with Crippen LogP contribution in [-0.2, 0) is 11.3 Å². The van der Waals surface area contributed by atoms with E-state index in [-0.39, 0.29) is 5.91 Å². The molecule has 1 aromatic heterocycles. The molecular weight excluding hydrogens is 224 g/mol. The zero-order valence-corrected chi connectivity index (χ0v) is 9.91. The van der Waals surface area contributed by atoms with Gasteiger partial charge in [0.1, 0.15) is 0 Å². The highest BCUT2D eigenvalue weighted by Gasteiger charge is 1.95. The summed E-state index contributed by atoms with van der Waals surface area (Å²) in [4.78, 5) is 15.5. The summed E-state index contributed by atoms with van der Waals surface area (Å²) in [5.74, 6) is -0.109. The molecular formula is C15H14N2O. The van der Waals surface area contributed by atoms with Crippen LogP contribution in [0, 0.1) is 0 Å². The molecule has 0 aliphatic carbocycles. The number of aromatic nitrogens is 1. The first kappa shape index (κ1) is 12.0. The van der Waals surface area contributed by atoms with E-state index in [0.717, 1.165) is 11.1 Å². The van der Waals surface area contributed by atoms with Gasteiger partial charge >= 0.3 is 0 Å². The van der Waals surface area contributed by atoms with Crippen LogP contribution in [0.1, 0.15) is 11.1 Å². The first-order valence-corrected chi connectivity index (χ1v) is 5.74. The molecule has 0 saturated heterocycles. The molecule has 0 aliphatic rings. The average molecular weight is 238 g/mol. The van der Waals surface area contributed by atoms with Crippen molar-refractivity contribution in [3.63, 3.8) is 0 Å². The third kappa shape index (κ3) is 3.87. The molecule has 1 amide bonds. The van der Waals surface area contributed by atoms with Crippen LogP contribution in [0.5, 0.6) is 0 Å². The lowest BCUT2D eigenvalue weighted by Crippen LogP contribution is -2.20. The second-order valence-electron chi connectivity index (χ2n) is 3.82. The zero-order chi connectivity index (χ0) is 12.6. The number of carbonyl (C=O) groups is 1. The van der Waals surface area contributed by atoms with Crippen LogP contribution < -0.4 is 5.32 Å². The zero-order valence-electron chi connectivity index (χ0n) is 9.91. The molecule has 2 rings (SSSR count). The molecule has 0 radical (unpaired) electrons. The molecule has 0 aliphatic heterocycles. The number of rotatable bonds is 4. The van der Waals surface area contributed by atoms with Crippen LogP contribution >= 0.6 is 0 Å². The van der Waals surface area contributed by atoms with Crippen molar-refractivity contribution in [2.45, 2.75) is 6.54 Å². The van der Waals surface area contributed by atoms with Gasteiger partial charge < -0.3 is 5.32 Å². The number of nitrogens with one attached hydrogen (secondary N) is 1. The van der Waals surface area contributed by atoms with Gasteiger partial charge in [-0.25, -0.2) is 0 Å². The number of hydrogen-bond donors (Lipinski definition) is 1. The maximum Gasteiger partial charge on any atom is 0.244 e. The maximum absolute atomic E-state index is 11.6. The van der Waals surface area contributed by atoms with E-state index in [9.17, 15) is 4.79 Å². The van der Waals surface area contributed by atoms with E-state index >= 15 is 0 Å². The highest BCUT2D eigenvalue weighted by atomic mass is 16.1. The summed E-state index contributed by atoms with van der Waals surface area (Å²) >= 11 is 0. The van der Waals surface area contributed by atoms with Crippen LogP contribution in [-0.4, -0.2) is 10.9 Å². The quantitative estimate of drug-likeness (QED) is 0.831. The first-order valence-electron chi connectivity index (χ1n) is 5.74. The van der Waals surface area contributed by atoms with Crippen LogP contribution in [0.2, 0.25) is 0 Å². The second kappa shape index (κ2) is 6.35. The smallest absolute Gasteiger partial charge is 0.244 e. The minimum absolute atomic E-state index is 0.109. The maximum atomic E-state index is 11.6. The van der Waals surface area contributed by atoms with Gasteiger partial charge in [0.2, 0.25) is 5.91 Å². The molecule has 0 saturated carbocycles. The van der Waals surface area contributed by atoms with Crippen molar-refractivity contribution < 1.29 is 4.79 Å². The predicted octanol–water partition coefficient (Wildman–Crippen LogP) is 2.41. The Kier molecular flexibility index (Phi) is 4.25. The summed E-state index contributed by atoms with van der Waals surface area (Å²) in [5.41, 5.74) is 1.99. The normalized spacial score (nSPS) is 10.4. The van der Waals surface area contributed by atoms with E-state index in [1.54, 1.807) is 18.5 Å². The summed E-state index contributed by atoms with van der Waals surface area (Å²) in [5, 5.41) is 2.82. The Hall–Kier alpha value is -2.42. The average Bonchev–Trinajstić information content (AvgIpc) is 2.45. The number of pyridine rings is 1.